The Kier molecular flexibility index (Phi) is 5.30. The van der Waals surface area contributed by atoms with E-state index in [9.17, 15) is 4.79 Å². The number of hydrogen-bond acceptors (Lipinski definition) is 3. The SMILES string of the molecule is CC(C)C[C@@H](NC(=O)CCc1cccs1)c1nc2ccccc2[nH]1. The monoisotopic (exact) mass is 341 g/mol. The number of fused-ring (bicyclic) bond motifs is 1. The van der Waals surface area contributed by atoms with E-state index in [-0.39, 0.29) is 11.9 Å². The van der Waals surface area contributed by atoms with Gasteiger partial charge < -0.3 is 10.3 Å². The molecule has 3 aromatic rings. The van der Waals surface area contributed by atoms with E-state index in [1.807, 2.05) is 35.7 Å². The van der Waals surface area contributed by atoms with Crippen molar-refractivity contribution in [3.63, 3.8) is 0 Å². The third-order valence-electron chi connectivity index (χ3n) is 3.96. The lowest BCUT2D eigenvalue weighted by atomic mass is 10.0. The molecular weight excluding hydrogens is 318 g/mol. The van der Waals surface area contributed by atoms with Crippen LogP contribution in [0.1, 0.15) is 43.4 Å². The summed E-state index contributed by atoms with van der Waals surface area (Å²) in [6, 6.07) is 12.0. The van der Waals surface area contributed by atoms with Gasteiger partial charge in [0.25, 0.3) is 0 Å². The van der Waals surface area contributed by atoms with Crippen LogP contribution in [0.2, 0.25) is 0 Å². The standard InChI is InChI=1S/C19H23N3OS/c1-13(2)12-17(19-21-15-7-3-4-8-16(15)22-19)20-18(23)10-9-14-6-5-11-24-14/h3-8,11,13,17H,9-10,12H2,1-2H3,(H,20,23)(H,21,22)/t17-/m1/s1. The second-order valence-electron chi connectivity index (χ2n) is 6.47. The van der Waals surface area contributed by atoms with Gasteiger partial charge in [-0.2, -0.15) is 0 Å². The van der Waals surface area contributed by atoms with Gasteiger partial charge in [0.1, 0.15) is 5.82 Å². The highest BCUT2D eigenvalue weighted by Gasteiger charge is 2.19. The number of para-hydroxylation sites is 2. The van der Waals surface area contributed by atoms with Gasteiger partial charge in [-0.3, -0.25) is 4.79 Å². The first-order valence-electron chi connectivity index (χ1n) is 8.38. The normalized spacial score (nSPS) is 12.6. The fourth-order valence-corrected chi connectivity index (χ4v) is 3.51. The molecule has 2 N–H and O–H groups in total. The van der Waals surface area contributed by atoms with Crippen LogP contribution < -0.4 is 5.32 Å². The van der Waals surface area contributed by atoms with Crippen LogP contribution >= 0.6 is 11.3 Å². The lowest BCUT2D eigenvalue weighted by molar-refractivity contribution is -0.122. The minimum Gasteiger partial charge on any atom is -0.346 e. The number of aromatic nitrogens is 2. The molecule has 0 saturated carbocycles. The first-order chi connectivity index (χ1) is 11.6. The van der Waals surface area contributed by atoms with Crippen LogP contribution in [0, 0.1) is 5.92 Å². The summed E-state index contributed by atoms with van der Waals surface area (Å²) in [5.74, 6) is 1.39. The maximum absolute atomic E-state index is 12.4. The van der Waals surface area contributed by atoms with Gasteiger partial charge in [0.15, 0.2) is 0 Å². The Morgan fingerprint density at radius 1 is 1.25 bits per heavy atom. The number of aryl methyl sites for hydroxylation is 1. The molecule has 0 saturated heterocycles. The van der Waals surface area contributed by atoms with Crippen molar-refractivity contribution in [2.75, 3.05) is 0 Å². The van der Waals surface area contributed by atoms with Gasteiger partial charge in [0.05, 0.1) is 17.1 Å². The first-order valence-corrected chi connectivity index (χ1v) is 9.26. The van der Waals surface area contributed by atoms with Crippen LogP contribution in [0.3, 0.4) is 0 Å². The summed E-state index contributed by atoms with van der Waals surface area (Å²) in [6.07, 6.45) is 2.16. The Morgan fingerprint density at radius 2 is 2.08 bits per heavy atom. The zero-order valence-corrected chi connectivity index (χ0v) is 14.9. The minimum atomic E-state index is -0.0757. The smallest absolute Gasteiger partial charge is 0.220 e. The van der Waals surface area contributed by atoms with Crippen molar-refractivity contribution in [2.45, 2.75) is 39.2 Å². The van der Waals surface area contributed by atoms with E-state index in [2.05, 4.69) is 35.2 Å². The van der Waals surface area contributed by atoms with Gasteiger partial charge in [-0.25, -0.2) is 4.98 Å². The van der Waals surface area contributed by atoms with Crippen LogP contribution in [0.4, 0.5) is 0 Å². The Labute approximate surface area is 146 Å². The fraction of sp³-hybridized carbons (Fsp3) is 0.368. The molecule has 0 radical (unpaired) electrons. The zero-order chi connectivity index (χ0) is 16.9. The number of aromatic amines is 1. The number of carbonyl (C=O) groups excluding carboxylic acids is 1. The van der Waals surface area contributed by atoms with Crippen molar-refractivity contribution in [1.29, 1.82) is 0 Å². The second kappa shape index (κ2) is 7.62. The third-order valence-corrected chi connectivity index (χ3v) is 4.89. The summed E-state index contributed by atoms with van der Waals surface area (Å²) in [6.45, 7) is 4.32. The van der Waals surface area contributed by atoms with Gasteiger partial charge in [0.2, 0.25) is 5.91 Å². The number of nitrogens with zero attached hydrogens (tertiary/aromatic N) is 1. The number of H-pyrrole nitrogens is 1. The number of benzene rings is 1. The molecule has 0 aliphatic heterocycles. The number of imidazole rings is 1. The van der Waals surface area contributed by atoms with Crippen LogP contribution in [0.5, 0.6) is 0 Å². The summed E-state index contributed by atoms with van der Waals surface area (Å²) in [5, 5.41) is 5.20. The van der Waals surface area contributed by atoms with E-state index in [4.69, 9.17) is 0 Å². The van der Waals surface area contributed by atoms with Gasteiger partial charge in [-0.05, 0) is 42.3 Å². The van der Waals surface area contributed by atoms with Crippen LogP contribution in [-0.2, 0) is 11.2 Å². The van der Waals surface area contributed by atoms with E-state index in [0.29, 0.717) is 12.3 Å². The molecule has 1 amide bonds. The molecule has 1 aromatic carbocycles. The van der Waals surface area contributed by atoms with E-state index in [0.717, 1.165) is 29.7 Å². The molecule has 2 aromatic heterocycles. The number of rotatable bonds is 7. The molecule has 2 heterocycles. The number of hydrogen-bond donors (Lipinski definition) is 2. The second-order valence-corrected chi connectivity index (χ2v) is 7.50. The van der Waals surface area contributed by atoms with Gasteiger partial charge in [-0.1, -0.05) is 32.0 Å². The molecule has 0 spiro atoms. The number of nitrogens with one attached hydrogen (secondary N) is 2. The van der Waals surface area contributed by atoms with Crippen molar-refractivity contribution in [1.82, 2.24) is 15.3 Å². The molecule has 0 bridgehead atoms. The molecule has 0 aliphatic carbocycles. The zero-order valence-electron chi connectivity index (χ0n) is 14.1. The molecule has 0 unspecified atom stereocenters. The van der Waals surface area contributed by atoms with Crippen molar-refractivity contribution in [2.24, 2.45) is 5.92 Å². The molecule has 4 nitrogen and oxygen atoms in total. The van der Waals surface area contributed by atoms with Crippen LogP contribution in [0.15, 0.2) is 41.8 Å². The summed E-state index contributed by atoms with van der Waals surface area (Å²) >= 11 is 1.70. The van der Waals surface area contributed by atoms with E-state index in [1.54, 1.807) is 11.3 Å². The van der Waals surface area contributed by atoms with Crippen LogP contribution in [0.25, 0.3) is 11.0 Å². The first kappa shape index (κ1) is 16.7. The van der Waals surface area contributed by atoms with E-state index in [1.165, 1.54) is 4.88 Å². The summed E-state index contributed by atoms with van der Waals surface area (Å²) in [7, 11) is 0. The molecular formula is C19H23N3OS. The fourth-order valence-electron chi connectivity index (χ4n) is 2.81. The molecule has 1 atom stereocenters. The molecule has 0 fully saturated rings. The highest BCUT2D eigenvalue weighted by atomic mass is 32.1. The molecule has 5 heteroatoms. The maximum Gasteiger partial charge on any atom is 0.220 e. The predicted molar refractivity (Wildman–Crippen MR) is 99.1 cm³/mol. The Balaban J connectivity index is 1.69. The molecule has 24 heavy (non-hydrogen) atoms. The quantitative estimate of drug-likeness (QED) is 0.666. The van der Waals surface area contributed by atoms with E-state index >= 15 is 0 Å². The summed E-state index contributed by atoms with van der Waals surface area (Å²) in [5.41, 5.74) is 1.95. The van der Waals surface area contributed by atoms with Crippen molar-refractivity contribution < 1.29 is 4.79 Å². The lowest BCUT2D eigenvalue weighted by Crippen LogP contribution is -2.30. The number of carbonyl (C=O) groups is 1. The van der Waals surface area contributed by atoms with E-state index < -0.39 is 0 Å². The maximum atomic E-state index is 12.4. The van der Waals surface area contributed by atoms with Crippen LogP contribution in [-0.4, -0.2) is 15.9 Å². The van der Waals surface area contributed by atoms with Crippen molar-refractivity contribution in [3.05, 3.63) is 52.5 Å². The Bertz CT molecular complexity index is 759. The highest BCUT2D eigenvalue weighted by molar-refractivity contribution is 7.09. The minimum absolute atomic E-state index is 0.0757. The van der Waals surface area contributed by atoms with Crippen molar-refractivity contribution >= 4 is 28.3 Å². The largest absolute Gasteiger partial charge is 0.346 e. The Hall–Kier alpha value is -2.14. The summed E-state index contributed by atoms with van der Waals surface area (Å²) < 4.78 is 0. The number of amides is 1. The molecule has 0 aliphatic rings. The van der Waals surface area contributed by atoms with Gasteiger partial charge in [-0.15, -0.1) is 11.3 Å². The lowest BCUT2D eigenvalue weighted by Gasteiger charge is -2.18. The average Bonchev–Trinajstić information content (AvgIpc) is 3.21. The topological polar surface area (TPSA) is 57.8 Å². The Morgan fingerprint density at radius 3 is 2.79 bits per heavy atom. The predicted octanol–water partition coefficient (Wildman–Crippen LogP) is 4.46. The average molecular weight is 341 g/mol. The highest BCUT2D eigenvalue weighted by Crippen LogP contribution is 2.22. The number of thiophene rings is 1. The molecule has 126 valence electrons. The van der Waals surface area contributed by atoms with Gasteiger partial charge in [0, 0.05) is 11.3 Å². The van der Waals surface area contributed by atoms with Crippen molar-refractivity contribution in [3.8, 4) is 0 Å². The molecule has 3 rings (SSSR count). The third kappa shape index (κ3) is 4.23. The van der Waals surface area contributed by atoms with Gasteiger partial charge >= 0.3 is 0 Å². The summed E-state index contributed by atoms with van der Waals surface area (Å²) in [4.78, 5) is 21.6.